The van der Waals surface area contributed by atoms with Crippen LogP contribution in [-0.2, 0) is 11.3 Å². The second-order valence-electron chi connectivity index (χ2n) is 4.63. The highest BCUT2D eigenvalue weighted by atomic mass is 79.9. The maximum Gasteiger partial charge on any atom is 0.338 e. The molecule has 3 rings (SSSR count). The molecule has 0 radical (unpaired) electrons. The molecule has 22 heavy (non-hydrogen) atoms. The molecular formula is C16H12BrN3O2. The van der Waals surface area contributed by atoms with Gasteiger partial charge in [-0.2, -0.15) is 0 Å². The molecule has 0 unspecified atom stereocenters. The summed E-state index contributed by atoms with van der Waals surface area (Å²) in [4.78, 5) is 20.5. The summed E-state index contributed by atoms with van der Waals surface area (Å²) >= 11 is 3.31. The number of hydrogen-bond acceptors (Lipinski definition) is 5. The van der Waals surface area contributed by atoms with Gasteiger partial charge in [0.2, 0.25) is 0 Å². The van der Waals surface area contributed by atoms with Crippen molar-refractivity contribution in [2.24, 2.45) is 0 Å². The maximum absolute atomic E-state index is 12.0. The summed E-state index contributed by atoms with van der Waals surface area (Å²) in [6.07, 6.45) is 0. The van der Waals surface area contributed by atoms with Crippen molar-refractivity contribution in [1.29, 1.82) is 0 Å². The Morgan fingerprint density at radius 3 is 2.77 bits per heavy atom. The van der Waals surface area contributed by atoms with Crippen LogP contribution >= 0.6 is 15.9 Å². The largest absolute Gasteiger partial charge is 0.454 e. The van der Waals surface area contributed by atoms with E-state index in [2.05, 4.69) is 25.9 Å². The molecule has 5 nitrogen and oxygen atoms in total. The molecule has 0 saturated carbocycles. The number of benzene rings is 2. The van der Waals surface area contributed by atoms with Crippen LogP contribution < -0.4 is 5.73 Å². The number of aromatic nitrogens is 2. The molecule has 0 aliphatic heterocycles. The van der Waals surface area contributed by atoms with Crippen molar-refractivity contribution in [3.8, 4) is 0 Å². The maximum atomic E-state index is 12.0. The fourth-order valence-electron chi connectivity index (χ4n) is 2.04. The molecule has 1 aromatic heterocycles. The van der Waals surface area contributed by atoms with Crippen molar-refractivity contribution in [3.63, 3.8) is 0 Å². The predicted octanol–water partition coefficient (Wildman–Crippen LogP) is 3.33. The third-order valence-corrected chi connectivity index (χ3v) is 3.56. The standard InChI is InChI=1S/C16H12BrN3O2/c17-11-5-3-4-10(8-11)16(21)22-9-14-19-13-7-2-1-6-12(13)15(18)20-14/h1-8H,9H2,(H2,18,19,20). The van der Waals surface area contributed by atoms with Gasteiger partial charge in [-0.1, -0.05) is 34.1 Å². The molecule has 6 heteroatoms. The zero-order valence-corrected chi connectivity index (χ0v) is 13.1. The number of esters is 1. The Labute approximate surface area is 135 Å². The van der Waals surface area contributed by atoms with Crippen molar-refractivity contribution >= 4 is 38.6 Å². The Balaban J connectivity index is 1.78. The highest BCUT2D eigenvalue weighted by Gasteiger charge is 2.10. The molecule has 110 valence electrons. The average molecular weight is 358 g/mol. The van der Waals surface area contributed by atoms with Crippen LogP contribution in [0, 0.1) is 0 Å². The molecule has 0 saturated heterocycles. The Morgan fingerprint density at radius 2 is 1.95 bits per heavy atom. The fraction of sp³-hybridized carbons (Fsp3) is 0.0625. The van der Waals surface area contributed by atoms with E-state index in [1.165, 1.54) is 0 Å². The number of nitrogens with zero attached hydrogens (tertiary/aromatic N) is 2. The number of nitrogen functional groups attached to an aromatic ring is 1. The number of fused-ring (bicyclic) bond motifs is 1. The van der Waals surface area contributed by atoms with Crippen LogP contribution in [0.15, 0.2) is 53.0 Å². The zero-order valence-electron chi connectivity index (χ0n) is 11.5. The van der Waals surface area contributed by atoms with Crippen molar-refractivity contribution in [3.05, 3.63) is 64.4 Å². The van der Waals surface area contributed by atoms with Gasteiger partial charge in [0.15, 0.2) is 12.4 Å². The van der Waals surface area contributed by atoms with Crippen molar-refractivity contribution < 1.29 is 9.53 Å². The van der Waals surface area contributed by atoms with E-state index in [1.54, 1.807) is 18.2 Å². The first-order chi connectivity index (χ1) is 10.6. The molecule has 0 aliphatic carbocycles. The second kappa shape index (κ2) is 6.11. The van der Waals surface area contributed by atoms with Crippen molar-refractivity contribution in [2.45, 2.75) is 6.61 Å². The number of rotatable bonds is 3. The minimum absolute atomic E-state index is 0.0274. The number of carbonyl (C=O) groups excluding carboxylic acids is 1. The van der Waals surface area contributed by atoms with Gasteiger partial charge in [0.05, 0.1) is 11.1 Å². The number of ether oxygens (including phenoxy) is 1. The molecule has 2 N–H and O–H groups in total. The number of hydrogen-bond donors (Lipinski definition) is 1. The van der Waals surface area contributed by atoms with Crippen LogP contribution in [0.2, 0.25) is 0 Å². The Bertz CT molecular complexity index is 852. The van der Waals surface area contributed by atoms with Gasteiger partial charge < -0.3 is 10.5 Å². The summed E-state index contributed by atoms with van der Waals surface area (Å²) in [5, 5.41) is 0.782. The smallest absolute Gasteiger partial charge is 0.338 e. The van der Waals surface area contributed by atoms with Gasteiger partial charge in [-0.05, 0) is 30.3 Å². The van der Waals surface area contributed by atoms with Crippen LogP contribution in [0.25, 0.3) is 10.9 Å². The molecule has 0 aliphatic rings. The summed E-state index contributed by atoms with van der Waals surface area (Å²) in [6.45, 7) is -0.0274. The van der Waals surface area contributed by atoms with Crippen LogP contribution in [-0.4, -0.2) is 15.9 Å². The van der Waals surface area contributed by atoms with Gasteiger partial charge in [-0.15, -0.1) is 0 Å². The van der Waals surface area contributed by atoms with Gasteiger partial charge in [-0.25, -0.2) is 14.8 Å². The van der Waals surface area contributed by atoms with Crippen LogP contribution in [0.3, 0.4) is 0 Å². The topological polar surface area (TPSA) is 78.1 Å². The van der Waals surface area contributed by atoms with Crippen LogP contribution in [0.5, 0.6) is 0 Å². The summed E-state index contributed by atoms with van der Waals surface area (Å²) in [5.41, 5.74) is 7.08. The lowest BCUT2D eigenvalue weighted by Crippen LogP contribution is -2.08. The van der Waals surface area contributed by atoms with E-state index < -0.39 is 5.97 Å². The Hall–Kier alpha value is -2.47. The molecule has 0 amide bonds. The van der Waals surface area contributed by atoms with E-state index >= 15 is 0 Å². The Kier molecular flexibility index (Phi) is 4.02. The van der Waals surface area contributed by atoms with Gasteiger partial charge in [0.1, 0.15) is 5.82 Å². The third kappa shape index (κ3) is 3.07. The summed E-state index contributed by atoms with van der Waals surface area (Å²) in [5.74, 6) is 0.315. The highest BCUT2D eigenvalue weighted by Crippen LogP contribution is 2.18. The number of para-hydroxylation sites is 1. The molecular weight excluding hydrogens is 346 g/mol. The van der Waals surface area contributed by atoms with Gasteiger partial charge in [0.25, 0.3) is 0 Å². The molecule has 2 aromatic carbocycles. The first-order valence-corrected chi connectivity index (χ1v) is 7.36. The third-order valence-electron chi connectivity index (χ3n) is 3.07. The van der Waals surface area contributed by atoms with E-state index in [0.29, 0.717) is 17.2 Å². The van der Waals surface area contributed by atoms with E-state index in [-0.39, 0.29) is 6.61 Å². The molecule has 0 spiro atoms. The molecule has 3 aromatic rings. The lowest BCUT2D eigenvalue weighted by Gasteiger charge is -2.07. The highest BCUT2D eigenvalue weighted by molar-refractivity contribution is 9.10. The van der Waals surface area contributed by atoms with E-state index in [0.717, 1.165) is 15.4 Å². The number of halogens is 1. The minimum Gasteiger partial charge on any atom is -0.454 e. The van der Waals surface area contributed by atoms with Crippen LogP contribution in [0.4, 0.5) is 5.82 Å². The Morgan fingerprint density at radius 1 is 1.14 bits per heavy atom. The number of carbonyl (C=O) groups is 1. The molecule has 1 heterocycles. The normalized spacial score (nSPS) is 10.6. The van der Waals surface area contributed by atoms with E-state index in [4.69, 9.17) is 10.5 Å². The first-order valence-electron chi connectivity index (χ1n) is 6.57. The quantitative estimate of drug-likeness (QED) is 0.727. The number of nitrogens with two attached hydrogens (primary N) is 1. The fourth-order valence-corrected chi connectivity index (χ4v) is 2.44. The predicted molar refractivity (Wildman–Crippen MR) is 87.2 cm³/mol. The summed E-state index contributed by atoms with van der Waals surface area (Å²) in [6, 6.07) is 14.4. The molecule has 0 fully saturated rings. The van der Waals surface area contributed by atoms with Crippen LogP contribution in [0.1, 0.15) is 16.2 Å². The van der Waals surface area contributed by atoms with Crippen molar-refractivity contribution in [2.75, 3.05) is 5.73 Å². The lowest BCUT2D eigenvalue weighted by atomic mass is 10.2. The summed E-state index contributed by atoms with van der Waals surface area (Å²) in [7, 11) is 0. The zero-order chi connectivity index (χ0) is 15.5. The van der Waals surface area contributed by atoms with Crippen molar-refractivity contribution in [1.82, 2.24) is 9.97 Å². The second-order valence-corrected chi connectivity index (χ2v) is 5.54. The van der Waals surface area contributed by atoms with E-state index in [1.807, 2.05) is 30.3 Å². The molecule has 0 atom stereocenters. The lowest BCUT2D eigenvalue weighted by molar-refractivity contribution is 0.0462. The monoisotopic (exact) mass is 357 g/mol. The van der Waals surface area contributed by atoms with Gasteiger partial charge in [-0.3, -0.25) is 0 Å². The SMILES string of the molecule is Nc1nc(COC(=O)c2cccc(Br)c2)nc2ccccc12. The number of anilines is 1. The van der Waals surface area contributed by atoms with Gasteiger partial charge >= 0.3 is 5.97 Å². The first kappa shape index (κ1) is 14.5. The van der Waals surface area contributed by atoms with E-state index in [9.17, 15) is 4.79 Å². The molecule has 0 bridgehead atoms. The van der Waals surface area contributed by atoms with Gasteiger partial charge in [0, 0.05) is 9.86 Å². The minimum atomic E-state index is -0.434. The summed E-state index contributed by atoms with van der Waals surface area (Å²) < 4.78 is 6.05. The average Bonchev–Trinajstić information content (AvgIpc) is 2.53.